The van der Waals surface area contributed by atoms with Gasteiger partial charge in [0.15, 0.2) is 16.3 Å². The maximum Gasteiger partial charge on any atom is 0.338 e. The molecule has 9 nitrogen and oxygen atoms in total. The molecule has 0 spiro atoms. The van der Waals surface area contributed by atoms with Gasteiger partial charge in [-0.3, -0.25) is 14.2 Å². The highest BCUT2D eigenvalue weighted by Gasteiger charge is 2.34. The van der Waals surface area contributed by atoms with Gasteiger partial charge in [0, 0.05) is 6.92 Å². The van der Waals surface area contributed by atoms with Gasteiger partial charge in [0.25, 0.3) is 5.56 Å². The number of nitrogens with zero attached hydrogens (tertiary/aromatic N) is 2. The second-order valence-corrected chi connectivity index (χ2v) is 9.26. The fraction of sp³-hybridized carbons (Fsp3) is 0.214. The zero-order valence-corrected chi connectivity index (χ0v) is 22.2. The summed E-state index contributed by atoms with van der Waals surface area (Å²) in [7, 11) is 3.01. The molecule has 1 unspecified atom stereocenters. The minimum absolute atomic E-state index is 0.00267. The Balaban J connectivity index is 1.94. The van der Waals surface area contributed by atoms with Crippen LogP contribution in [-0.2, 0) is 14.3 Å². The molecule has 1 aromatic heterocycles. The molecule has 1 aliphatic heterocycles. The van der Waals surface area contributed by atoms with Crippen LogP contribution in [0.15, 0.2) is 76.2 Å². The van der Waals surface area contributed by atoms with Crippen LogP contribution in [0, 0.1) is 0 Å². The van der Waals surface area contributed by atoms with Crippen molar-refractivity contribution in [2.45, 2.75) is 19.9 Å². The predicted octanol–water partition coefficient (Wildman–Crippen LogP) is 2.91. The highest BCUT2D eigenvalue weighted by atomic mass is 32.1. The third-order valence-corrected chi connectivity index (χ3v) is 6.71. The van der Waals surface area contributed by atoms with Crippen molar-refractivity contribution in [3.05, 3.63) is 97.2 Å². The van der Waals surface area contributed by atoms with Crippen molar-refractivity contribution in [1.29, 1.82) is 0 Å². The van der Waals surface area contributed by atoms with E-state index in [1.807, 2.05) is 24.3 Å². The molecular formula is C28H26N2O7S. The summed E-state index contributed by atoms with van der Waals surface area (Å²) in [6, 6.07) is 11.3. The van der Waals surface area contributed by atoms with Crippen molar-refractivity contribution in [3.8, 4) is 17.2 Å². The van der Waals surface area contributed by atoms with Crippen LogP contribution in [0.5, 0.6) is 17.2 Å². The number of aromatic nitrogens is 1. The first-order chi connectivity index (χ1) is 18.3. The average Bonchev–Trinajstić information content (AvgIpc) is 3.20. The number of methoxy groups -OCH3 is 2. The normalized spacial score (nSPS) is 14.8. The molecule has 0 N–H and O–H groups in total. The second kappa shape index (κ2) is 11.3. The quantitative estimate of drug-likeness (QED) is 0.249. The van der Waals surface area contributed by atoms with E-state index in [1.54, 1.807) is 38.3 Å². The second-order valence-electron chi connectivity index (χ2n) is 8.25. The zero-order chi connectivity index (χ0) is 27.4. The molecule has 3 aromatic rings. The van der Waals surface area contributed by atoms with Gasteiger partial charge in [0.1, 0.15) is 12.4 Å². The molecule has 1 atom stereocenters. The number of hydrogen-bond donors (Lipinski definition) is 0. The van der Waals surface area contributed by atoms with Crippen molar-refractivity contribution >= 4 is 29.4 Å². The third-order valence-electron chi connectivity index (χ3n) is 5.72. The molecule has 196 valence electrons. The number of esters is 2. The summed E-state index contributed by atoms with van der Waals surface area (Å²) in [5, 5.41) is 0. The first-order valence-electron chi connectivity index (χ1n) is 11.6. The van der Waals surface area contributed by atoms with E-state index in [-0.39, 0.29) is 29.2 Å². The van der Waals surface area contributed by atoms with Crippen molar-refractivity contribution in [2.24, 2.45) is 4.99 Å². The Kier molecular flexibility index (Phi) is 7.92. The Labute approximate surface area is 222 Å². The van der Waals surface area contributed by atoms with Crippen LogP contribution in [-0.4, -0.2) is 37.3 Å². The van der Waals surface area contributed by atoms with Gasteiger partial charge in [-0.1, -0.05) is 42.2 Å². The summed E-state index contributed by atoms with van der Waals surface area (Å²) in [4.78, 5) is 43.5. The Morgan fingerprint density at radius 1 is 1.13 bits per heavy atom. The first-order valence-corrected chi connectivity index (χ1v) is 12.4. The molecule has 0 radical (unpaired) electrons. The van der Waals surface area contributed by atoms with Crippen molar-refractivity contribution in [2.75, 3.05) is 20.8 Å². The first kappa shape index (κ1) is 26.6. The summed E-state index contributed by atoms with van der Waals surface area (Å²) in [6.45, 7) is 6.57. The average molecular weight is 535 g/mol. The number of fused-ring (bicyclic) bond motifs is 1. The van der Waals surface area contributed by atoms with E-state index in [2.05, 4.69) is 11.6 Å². The summed E-state index contributed by atoms with van der Waals surface area (Å²) < 4.78 is 23.2. The van der Waals surface area contributed by atoms with E-state index in [0.29, 0.717) is 26.3 Å². The van der Waals surface area contributed by atoms with Crippen LogP contribution in [0.4, 0.5) is 0 Å². The standard InChI is InChI=1S/C28H26N2O7S/c1-6-12-36-27(33)24-16(2)29-28-30(25(24)19-10-11-21(37-17(3)31)22(15-19)35-5)26(32)23(38-28)14-18-8-7-9-20(13-18)34-4/h6-11,13-15,25H,1,12H2,2-5H3. The zero-order valence-electron chi connectivity index (χ0n) is 21.3. The van der Waals surface area contributed by atoms with Crippen molar-refractivity contribution in [1.82, 2.24) is 4.57 Å². The van der Waals surface area contributed by atoms with Gasteiger partial charge in [-0.25, -0.2) is 9.79 Å². The predicted molar refractivity (Wildman–Crippen MR) is 142 cm³/mol. The largest absolute Gasteiger partial charge is 0.497 e. The summed E-state index contributed by atoms with van der Waals surface area (Å²) in [5.74, 6) is 0.00932. The van der Waals surface area contributed by atoms with Gasteiger partial charge in [-0.05, 0) is 48.4 Å². The Bertz CT molecular complexity index is 1630. The number of hydrogen-bond acceptors (Lipinski definition) is 9. The molecule has 4 rings (SSSR count). The molecule has 0 amide bonds. The van der Waals surface area contributed by atoms with E-state index in [4.69, 9.17) is 18.9 Å². The molecule has 0 aliphatic carbocycles. The Hall–Kier alpha value is -4.44. The SMILES string of the molecule is C=CCOC(=O)C1=C(C)N=c2sc(=Cc3cccc(OC)c3)c(=O)n2C1c1ccc(OC(C)=O)c(OC)c1. The fourth-order valence-electron chi connectivity index (χ4n) is 4.09. The van der Waals surface area contributed by atoms with E-state index in [9.17, 15) is 14.4 Å². The van der Waals surface area contributed by atoms with Crippen LogP contribution in [0.25, 0.3) is 6.08 Å². The molecule has 0 bridgehead atoms. The number of benzene rings is 2. The number of carbonyl (C=O) groups excluding carboxylic acids is 2. The molecule has 1 aliphatic rings. The van der Waals surface area contributed by atoms with E-state index >= 15 is 0 Å². The molecule has 0 saturated heterocycles. The minimum Gasteiger partial charge on any atom is -0.497 e. The molecule has 2 heterocycles. The lowest BCUT2D eigenvalue weighted by Crippen LogP contribution is -2.40. The third kappa shape index (κ3) is 5.30. The van der Waals surface area contributed by atoms with Gasteiger partial charge < -0.3 is 18.9 Å². The van der Waals surface area contributed by atoms with Crippen LogP contribution >= 0.6 is 11.3 Å². The van der Waals surface area contributed by atoms with E-state index in [0.717, 1.165) is 5.56 Å². The summed E-state index contributed by atoms with van der Waals surface area (Å²) >= 11 is 1.21. The summed E-state index contributed by atoms with van der Waals surface area (Å²) in [6.07, 6.45) is 3.21. The van der Waals surface area contributed by atoms with Crippen LogP contribution < -0.4 is 29.1 Å². The Morgan fingerprint density at radius 3 is 2.61 bits per heavy atom. The molecule has 10 heteroatoms. The lowest BCUT2D eigenvalue weighted by Gasteiger charge is -2.25. The maximum absolute atomic E-state index is 13.8. The molecule has 0 fully saturated rings. The topological polar surface area (TPSA) is 105 Å². The van der Waals surface area contributed by atoms with Gasteiger partial charge >= 0.3 is 11.9 Å². The maximum atomic E-state index is 13.8. The fourth-order valence-corrected chi connectivity index (χ4v) is 5.13. The lowest BCUT2D eigenvalue weighted by molar-refractivity contribution is -0.138. The van der Waals surface area contributed by atoms with Gasteiger partial charge in [0.05, 0.1) is 36.1 Å². The molecular weight excluding hydrogens is 508 g/mol. The van der Waals surface area contributed by atoms with Crippen molar-refractivity contribution < 1.29 is 28.5 Å². The van der Waals surface area contributed by atoms with Crippen molar-refractivity contribution in [3.63, 3.8) is 0 Å². The number of carbonyl (C=O) groups is 2. The highest BCUT2D eigenvalue weighted by Crippen LogP contribution is 2.36. The smallest absolute Gasteiger partial charge is 0.338 e. The van der Waals surface area contributed by atoms with Gasteiger partial charge in [0.2, 0.25) is 0 Å². The number of allylic oxidation sites excluding steroid dienone is 1. The molecule has 0 saturated carbocycles. The van der Waals surface area contributed by atoms with E-state index in [1.165, 1.54) is 36.0 Å². The minimum atomic E-state index is -0.865. The van der Waals surface area contributed by atoms with Gasteiger partial charge in [-0.15, -0.1) is 0 Å². The monoisotopic (exact) mass is 534 g/mol. The van der Waals surface area contributed by atoms with Crippen LogP contribution in [0.3, 0.4) is 0 Å². The number of ether oxygens (including phenoxy) is 4. The lowest BCUT2D eigenvalue weighted by atomic mass is 9.95. The van der Waals surface area contributed by atoms with Crippen LogP contribution in [0.2, 0.25) is 0 Å². The Morgan fingerprint density at radius 2 is 1.92 bits per heavy atom. The molecule has 2 aromatic carbocycles. The van der Waals surface area contributed by atoms with Gasteiger partial charge in [-0.2, -0.15) is 0 Å². The summed E-state index contributed by atoms with van der Waals surface area (Å²) in [5.41, 5.74) is 1.62. The van der Waals surface area contributed by atoms with E-state index < -0.39 is 18.0 Å². The highest BCUT2D eigenvalue weighted by molar-refractivity contribution is 7.07. The van der Waals surface area contributed by atoms with Crippen LogP contribution in [0.1, 0.15) is 31.0 Å². The molecule has 38 heavy (non-hydrogen) atoms. The number of rotatable bonds is 8. The number of thiazole rings is 1.